The van der Waals surface area contributed by atoms with E-state index in [9.17, 15) is 0 Å². The summed E-state index contributed by atoms with van der Waals surface area (Å²) in [7, 11) is 0. The predicted octanol–water partition coefficient (Wildman–Crippen LogP) is 0.217. The molecule has 0 unspecified atom stereocenters. The van der Waals surface area contributed by atoms with Gasteiger partial charge < -0.3 is 10.2 Å². The minimum atomic E-state index is -1.83. The van der Waals surface area contributed by atoms with Crippen LogP contribution in [-0.2, 0) is 44.4 Å². The third-order valence-corrected chi connectivity index (χ3v) is 0. The minimum Gasteiger partial charge on any atom is -0.450 e. The van der Waals surface area contributed by atoms with Crippen molar-refractivity contribution in [1.82, 2.24) is 0 Å². The zero-order valence-electron chi connectivity index (χ0n) is 2.89. The molecule has 0 aromatic carbocycles. The number of hydrogen-bond donors (Lipinski definition) is 2. The van der Waals surface area contributed by atoms with Gasteiger partial charge in [-0.3, -0.25) is 0 Å². The Kier molecular flexibility index (Phi) is 24.4. The molecule has 0 saturated heterocycles. The van der Waals surface area contributed by atoms with E-state index in [2.05, 4.69) is 0 Å². The summed E-state index contributed by atoms with van der Waals surface area (Å²) in [6.45, 7) is 0. The van der Waals surface area contributed by atoms with Gasteiger partial charge in [-0.25, -0.2) is 4.79 Å². The molecular weight excluding hydrogens is 227 g/mol. The Bertz CT molecular complexity index is 33.8. The van der Waals surface area contributed by atoms with Gasteiger partial charge in [0.15, 0.2) is 0 Å². The van der Waals surface area contributed by atoms with Crippen LogP contribution in [0.5, 0.6) is 0 Å². The fourth-order valence-electron chi connectivity index (χ4n) is 0. The Balaban J connectivity index is -0.0000000450. The smallest absolute Gasteiger partial charge is 0.450 e. The van der Waals surface area contributed by atoms with Crippen molar-refractivity contribution in [2.24, 2.45) is 0 Å². The normalized spacial score (nSPS) is 4.00. The van der Waals surface area contributed by atoms with Crippen molar-refractivity contribution in [1.29, 1.82) is 0 Å². The molecule has 33 valence electrons. The third kappa shape index (κ3) is 128. The van der Waals surface area contributed by atoms with Crippen LogP contribution >= 0.6 is 0 Å². The summed E-state index contributed by atoms with van der Waals surface area (Å²) in [5.41, 5.74) is 0. The van der Waals surface area contributed by atoms with Crippen LogP contribution in [-0.4, -0.2) is 16.4 Å². The number of carboxylic acid groups (broad SMARTS) is 2. The van der Waals surface area contributed by atoms with Crippen molar-refractivity contribution in [3.8, 4) is 0 Å². The maximum absolute atomic E-state index is 8.56. The summed E-state index contributed by atoms with van der Waals surface area (Å²) in [6, 6.07) is 0. The first kappa shape index (κ1) is 15.9. The quantitative estimate of drug-likeness (QED) is 0.584. The zero-order valence-corrected chi connectivity index (χ0v) is 8.10. The Morgan fingerprint density at radius 1 is 1.33 bits per heavy atom. The first-order chi connectivity index (χ1) is 1.73. The first-order valence-electron chi connectivity index (χ1n) is 0.651. The van der Waals surface area contributed by atoms with Gasteiger partial charge in [-0.15, -0.1) is 0 Å². The average molecular weight is 229 g/mol. The van der Waals surface area contributed by atoms with Crippen molar-refractivity contribution >= 4 is 6.16 Å². The second kappa shape index (κ2) is 9.20. The van der Waals surface area contributed by atoms with Crippen molar-refractivity contribution in [2.45, 2.75) is 0 Å². The van der Waals surface area contributed by atoms with Crippen molar-refractivity contribution in [3.63, 3.8) is 0 Å². The van der Waals surface area contributed by atoms with Gasteiger partial charge in [0.05, 0.1) is 0 Å². The van der Waals surface area contributed by atoms with E-state index in [1.54, 1.807) is 0 Å². The van der Waals surface area contributed by atoms with Gasteiger partial charge >= 0.3 is 6.16 Å². The van der Waals surface area contributed by atoms with Gasteiger partial charge in [0, 0.05) is 44.4 Å². The van der Waals surface area contributed by atoms with Crippen LogP contribution in [0.4, 0.5) is 4.79 Å². The summed E-state index contributed by atoms with van der Waals surface area (Å²) >= 11 is 0. The molecule has 0 aliphatic carbocycles. The third-order valence-electron chi connectivity index (χ3n) is 0. The van der Waals surface area contributed by atoms with Crippen molar-refractivity contribution in [3.05, 3.63) is 0 Å². The van der Waals surface area contributed by atoms with E-state index >= 15 is 0 Å². The van der Waals surface area contributed by atoms with Crippen LogP contribution < -0.4 is 0 Å². The molecule has 3 nitrogen and oxygen atoms in total. The molecule has 0 aliphatic rings. The van der Waals surface area contributed by atoms with Crippen LogP contribution in [0.25, 0.3) is 0 Å². The average Bonchev–Trinajstić information content (AvgIpc) is 0.811. The Morgan fingerprint density at radius 2 is 1.33 bits per heavy atom. The van der Waals surface area contributed by atoms with E-state index < -0.39 is 6.16 Å². The maximum Gasteiger partial charge on any atom is 0.503 e. The molecule has 0 bridgehead atoms. The molecule has 0 rings (SSSR count). The summed E-state index contributed by atoms with van der Waals surface area (Å²) in [4.78, 5) is 8.56. The molecule has 0 aromatic heterocycles. The van der Waals surface area contributed by atoms with Gasteiger partial charge in [-0.1, -0.05) is 0 Å². The maximum atomic E-state index is 8.56. The molecule has 0 fully saturated rings. The fraction of sp³-hybridized carbons (Fsp3) is 0. The van der Waals surface area contributed by atoms with Crippen LogP contribution in [0.1, 0.15) is 0 Å². The van der Waals surface area contributed by atoms with E-state index in [0.29, 0.717) is 0 Å². The molecule has 0 aliphatic heterocycles. The molecule has 0 saturated carbocycles. The van der Waals surface area contributed by atoms with Gasteiger partial charge in [0.25, 0.3) is 0 Å². The van der Waals surface area contributed by atoms with E-state index in [0.717, 1.165) is 0 Å². The van der Waals surface area contributed by atoms with Crippen LogP contribution in [0.15, 0.2) is 0 Å². The van der Waals surface area contributed by atoms with Gasteiger partial charge in [0.1, 0.15) is 0 Å². The molecule has 0 heterocycles. The fourth-order valence-corrected chi connectivity index (χ4v) is 0. The number of carbonyl (C=O) groups is 1. The number of hydrogen-bond acceptors (Lipinski definition) is 1. The predicted molar refractivity (Wildman–Crippen MR) is 10.7 cm³/mol. The summed E-state index contributed by atoms with van der Waals surface area (Å²) in [5, 5.41) is 13.9. The molecular formula is CH2CdMnO3. The SMILES string of the molecule is O=C(O)O.[Cd].[Mn]. The zero-order chi connectivity index (χ0) is 3.58. The first-order valence-corrected chi connectivity index (χ1v) is 0.651. The molecule has 0 aromatic rings. The molecule has 0 spiro atoms. The van der Waals surface area contributed by atoms with E-state index in [-0.39, 0.29) is 44.4 Å². The molecule has 1 radical (unpaired) electrons. The van der Waals surface area contributed by atoms with E-state index in [1.165, 1.54) is 0 Å². The second-order valence-electron chi connectivity index (χ2n) is 0.283. The summed E-state index contributed by atoms with van der Waals surface area (Å²) in [6.07, 6.45) is -1.83. The Labute approximate surface area is 65.4 Å². The second-order valence-corrected chi connectivity index (χ2v) is 0.283. The van der Waals surface area contributed by atoms with Crippen LogP contribution in [0, 0.1) is 0 Å². The molecule has 0 atom stereocenters. The topological polar surface area (TPSA) is 57.5 Å². The van der Waals surface area contributed by atoms with Gasteiger partial charge in [-0.2, -0.15) is 0 Å². The molecule has 0 amide bonds. The van der Waals surface area contributed by atoms with Crippen molar-refractivity contribution in [2.75, 3.05) is 0 Å². The minimum absolute atomic E-state index is 0. The number of rotatable bonds is 0. The molecule has 6 heavy (non-hydrogen) atoms. The monoisotopic (exact) mass is 231 g/mol. The van der Waals surface area contributed by atoms with E-state index in [4.69, 9.17) is 15.0 Å². The van der Waals surface area contributed by atoms with E-state index in [1.807, 2.05) is 0 Å². The molecule has 5 heteroatoms. The van der Waals surface area contributed by atoms with Crippen LogP contribution in [0.2, 0.25) is 0 Å². The van der Waals surface area contributed by atoms with Gasteiger partial charge in [-0.05, 0) is 0 Å². The Morgan fingerprint density at radius 3 is 1.33 bits per heavy atom. The Hall–Kier alpha value is 0.712. The van der Waals surface area contributed by atoms with Gasteiger partial charge in [0.2, 0.25) is 0 Å². The van der Waals surface area contributed by atoms with Crippen LogP contribution in [0.3, 0.4) is 0 Å². The molecule has 2 N–H and O–H groups in total. The standard InChI is InChI=1S/CH2O3.Cd.Mn/c2-1(3)4;;/h(H2,2,3,4);;. The largest absolute Gasteiger partial charge is 0.503 e. The summed E-state index contributed by atoms with van der Waals surface area (Å²) in [5.74, 6) is 0. The summed E-state index contributed by atoms with van der Waals surface area (Å²) < 4.78 is 0. The van der Waals surface area contributed by atoms with Crippen molar-refractivity contribution < 1.29 is 59.4 Å².